The van der Waals surface area contributed by atoms with Crippen LogP contribution in [0.5, 0.6) is 11.5 Å². The van der Waals surface area contributed by atoms with Crippen LogP contribution in [0.3, 0.4) is 0 Å². The van der Waals surface area contributed by atoms with E-state index in [4.69, 9.17) is 20.3 Å². The van der Waals surface area contributed by atoms with E-state index in [9.17, 15) is 0 Å². The molecule has 0 spiro atoms. The van der Waals surface area contributed by atoms with Crippen molar-refractivity contribution >= 4 is 22.4 Å². The third kappa shape index (κ3) is 4.74. The second-order valence-corrected chi connectivity index (χ2v) is 6.29. The average Bonchev–Trinajstić information content (AvgIpc) is 2.74. The average molecular weight is 392 g/mol. The van der Waals surface area contributed by atoms with E-state index in [1.54, 1.807) is 0 Å². The van der Waals surface area contributed by atoms with Gasteiger partial charge in [-0.1, -0.05) is 12.0 Å². The molecule has 1 aromatic heterocycles. The zero-order valence-corrected chi connectivity index (χ0v) is 15.8. The minimum Gasteiger partial charge on any atom is -0.487 e. The van der Waals surface area contributed by atoms with Gasteiger partial charge in [-0.15, -0.1) is 6.40 Å². The number of fused-ring (bicyclic) bond motifs is 2. The number of rotatable bonds is 2. The lowest BCUT2D eigenvalue weighted by Crippen LogP contribution is -2.15. The summed E-state index contributed by atoms with van der Waals surface area (Å²) in [7, 11) is 0. The van der Waals surface area contributed by atoms with Gasteiger partial charge in [-0.25, -0.2) is 9.97 Å². The molecule has 1 N–H and O–H groups in total. The quantitative estimate of drug-likeness (QED) is 0.672. The molecule has 2 heterocycles. The van der Waals surface area contributed by atoms with Crippen LogP contribution >= 0.6 is 0 Å². The highest BCUT2D eigenvalue weighted by atomic mass is 16.6. The van der Waals surface area contributed by atoms with Gasteiger partial charge < -0.3 is 24.3 Å². The van der Waals surface area contributed by atoms with E-state index in [0.717, 1.165) is 22.2 Å². The van der Waals surface area contributed by atoms with Crippen LogP contribution in [0.15, 0.2) is 42.7 Å². The number of hydrogen-bond acceptors (Lipinski definition) is 7. The van der Waals surface area contributed by atoms with Crippen LogP contribution in [0, 0.1) is 12.3 Å². The van der Waals surface area contributed by atoms with Gasteiger partial charge in [0.1, 0.15) is 26.7 Å². The van der Waals surface area contributed by atoms with E-state index in [-0.39, 0.29) is 0 Å². The molecule has 0 atom stereocenters. The van der Waals surface area contributed by atoms with Gasteiger partial charge in [-0.3, -0.25) is 0 Å². The number of terminal acetylenes is 1. The van der Waals surface area contributed by atoms with E-state index < -0.39 is 0 Å². The van der Waals surface area contributed by atoms with E-state index in [1.165, 1.54) is 6.33 Å². The zero-order valence-electron chi connectivity index (χ0n) is 16.8. The molecule has 7 heteroatoms. The molecule has 1 aliphatic heterocycles. The van der Waals surface area contributed by atoms with Crippen LogP contribution in [-0.4, -0.2) is 49.6 Å². The Labute approximate surface area is 170 Å². The molecular formula is C22H21N3O4. The summed E-state index contributed by atoms with van der Waals surface area (Å²) < 4.78 is 29.8. The fraction of sp³-hybridized carbons (Fsp3) is 0.273. The Morgan fingerprint density at radius 3 is 2.48 bits per heavy atom. The number of benzene rings is 2. The topological polar surface area (TPSA) is 74.7 Å². The SMILES string of the molecule is [2H]C#Cc1cccc(Nc2ncnc3cc4c(cc23)OCCOCCOCCO4)c1. The van der Waals surface area contributed by atoms with Gasteiger partial charge in [-0.05, 0) is 24.3 Å². The highest BCUT2D eigenvalue weighted by Crippen LogP contribution is 2.35. The van der Waals surface area contributed by atoms with Gasteiger partial charge in [0.05, 0.1) is 31.9 Å². The van der Waals surface area contributed by atoms with Crippen molar-refractivity contribution in [2.24, 2.45) is 0 Å². The maximum absolute atomic E-state index is 7.07. The van der Waals surface area contributed by atoms with Gasteiger partial charge >= 0.3 is 0 Å². The summed E-state index contributed by atoms with van der Waals surface area (Å²) in [6.45, 7) is 2.79. The van der Waals surface area contributed by atoms with Crippen LogP contribution in [0.25, 0.3) is 10.9 Å². The first-order valence-corrected chi connectivity index (χ1v) is 9.33. The molecule has 2 aromatic carbocycles. The fourth-order valence-electron chi connectivity index (χ4n) is 2.94. The summed E-state index contributed by atoms with van der Waals surface area (Å²) in [6.07, 6.45) is 3.66. The fourth-order valence-corrected chi connectivity index (χ4v) is 2.94. The van der Waals surface area contributed by atoms with Crippen molar-refractivity contribution in [1.29, 1.82) is 0 Å². The van der Waals surface area contributed by atoms with Crippen LogP contribution in [0.2, 0.25) is 0 Å². The lowest BCUT2D eigenvalue weighted by Gasteiger charge is -2.16. The molecule has 4 rings (SSSR count). The first-order chi connectivity index (χ1) is 14.8. The Morgan fingerprint density at radius 2 is 1.69 bits per heavy atom. The normalized spacial score (nSPS) is 15.2. The number of aromatic nitrogens is 2. The molecule has 0 saturated heterocycles. The second kappa shape index (κ2) is 9.24. The third-order valence-electron chi connectivity index (χ3n) is 4.31. The summed E-state index contributed by atoms with van der Waals surface area (Å²) in [5.41, 5.74) is 2.28. The van der Waals surface area contributed by atoms with Crippen molar-refractivity contribution in [3.05, 3.63) is 48.3 Å². The minimum absolute atomic E-state index is 0.395. The van der Waals surface area contributed by atoms with E-state index in [1.807, 2.05) is 36.4 Å². The molecule has 0 aliphatic carbocycles. The maximum Gasteiger partial charge on any atom is 0.163 e. The van der Waals surface area contributed by atoms with E-state index >= 15 is 0 Å². The lowest BCUT2D eigenvalue weighted by atomic mass is 10.2. The molecule has 3 aromatic rings. The van der Waals surface area contributed by atoms with Crippen LogP contribution in [0.4, 0.5) is 11.5 Å². The molecule has 0 fully saturated rings. The minimum atomic E-state index is 0.395. The number of anilines is 2. The van der Waals surface area contributed by atoms with Crippen molar-refractivity contribution in [3.8, 4) is 23.8 Å². The number of nitrogens with zero attached hydrogens (tertiary/aromatic N) is 2. The van der Waals surface area contributed by atoms with Crippen LogP contribution < -0.4 is 14.8 Å². The van der Waals surface area contributed by atoms with Crippen molar-refractivity contribution in [2.45, 2.75) is 0 Å². The molecule has 0 bridgehead atoms. The van der Waals surface area contributed by atoms with Crippen molar-refractivity contribution in [3.63, 3.8) is 0 Å². The summed E-state index contributed by atoms with van der Waals surface area (Å²) >= 11 is 0. The Morgan fingerprint density at radius 1 is 0.931 bits per heavy atom. The lowest BCUT2D eigenvalue weighted by molar-refractivity contribution is 0.0224. The maximum atomic E-state index is 7.07. The van der Waals surface area contributed by atoms with Gasteiger partial charge in [0.25, 0.3) is 0 Å². The molecule has 29 heavy (non-hydrogen) atoms. The number of nitrogens with one attached hydrogen (secondary N) is 1. The molecule has 0 saturated carbocycles. The highest BCUT2D eigenvalue weighted by Gasteiger charge is 2.13. The molecule has 0 unspecified atom stereocenters. The van der Waals surface area contributed by atoms with Crippen LogP contribution in [0.1, 0.15) is 6.93 Å². The Hall–Kier alpha value is -3.34. The zero-order chi connectivity index (χ0) is 20.6. The van der Waals surface area contributed by atoms with Crippen molar-refractivity contribution < 1.29 is 20.3 Å². The summed E-state index contributed by atoms with van der Waals surface area (Å²) in [6, 6.07) is 11.2. The molecule has 0 radical (unpaired) electrons. The van der Waals surface area contributed by atoms with Gasteiger partial charge in [0.15, 0.2) is 11.5 Å². The van der Waals surface area contributed by atoms with E-state index in [0.29, 0.717) is 57.0 Å². The van der Waals surface area contributed by atoms with Gasteiger partial charge in [0.2, 0.25) is 0 Å². The smallest absolute Gasteiger partial charge is 0.163 e. The number of ether oxygens (including phenoxy) is 4. The predicted molar refractivity (Wildman–Crippen MR) is 110 cm³/mol. The second-order valence-electron chi connectivity index (χ2n) is 6.29. The highest BCUT2D eigenvalue weighted by molar-refractivity contribution is 5.93. The monoisotopic (exact) mass is 392 g/mol. The molecule has 0 amide bonds. The Balaban J connectivity index is 1.66. The molecule has 148 valence electrons. The third-order valence-corrected chi connectivity index (χ3v) is 4.31. The summed E-state index contributed by atoms with van der Waals surface area (Å²) in [4.78, 5) is 8.77. The number of hydrogen-bond donors (Lipinski definition) is 1. The first-order valence-electron chi connectivity index (χ1n) is 9.83. The van der Waals surface area contributed by atoms with Crippen molar-refractivity contribution in [1.82, 2.24) is 9.97 Å². The first kappa shape index (κ1) is 17.7. The molecular weight excluding hydrogens is 370 g/mol. The predicted octanol–water partition coefficient (Wildman–Crippen LogP) is 3.16. The standard InChI is InChI=1S/C22H21N3O4/c1-2-16-4-3-5-17(12-16)25-22-18-13-20-21(14-19(18)23-15-24-22)29-11-9-27-7-6-26-8-10-28-20/h1,3-5,12-15H,6-11H2,(H,23,24,25)/i1D. The molecule has 1 aliphatic rings. The summed E-state index contributed by atoms with van der Waals surface area (Å²) in [5.74, 6) is 4.56. The van der Waals surface area contributed by atoms with Crippen LogP contribution in [-0.2, 0) is 9.47 Å². The largest absolute Gasteiger partial charge is 0.487 e. The van der Waals surface area contributed by atoms with Gasteiger partial charge in [-0.2, -0.15) is 0 Å². The van der Waals surface area contributed by atoms with E-state index in [2.05, 4.69) is 27.6 Å². The summed E-state index contributed by atoms with van der Waals surface area (Å²) in [5, 5.41) is 4.09. The van der Waals surface area contributed by atoms with Gasteiger partial charge in [0, 0.05) is 22.7 Å². The molecule has 7 nitrogen and oxygen atoms in total. The Kier molecular flexibility index (Phi) is 5.65. The Bertz CT molecular complexity index is 1080. The van der Waals surface area contributed by atoms with Crippen molar-refractivity contribution in [2.75, 3.05) is 45.0 Å².